The molecule has 6 rings (SSSR count). The summed E-state index contributed by atoms with van der Waals surface area (Å²) in [4.78, 5) is 25.1. The summed E-state index contributed by atoms with van der Waals surface area (Å²) in [5.41, 5.74) is 0.273. The molecule has 44 heavy (non-hydrogen) atoms. The van der Waals surface area contributed by atoms with Crippen LogP contribution in [-0.2, 0) is 10.0 Å². The summed E-state index contributed by atoms with van der Waals surface area (Å²) >= 11 is 0.673. The topological polar surface area (TPSA) is 170 Å². The summed E-state index contributed by atoms with van der Waals surface area (Å²) in [6, 6.07) is 6.32. The molecule has 1 atom stereocenters. The number of hydrogen-bond donors (Lipinski definition) is 2. The van der Waals surface area contributed by atoms with Gasteiger partial charge in [-0.25, -0.2) is 32.0 Å². The predicted octanol–water partition coefficient (Wildman–Crippen LogP) is 3.31. The maximum Gasteiger partial charge on any atom is 0.319 e. The van der Waals surface area contributed by atoms with Gasteiger partial charge in [0, 0.05) is 43.4 Å². The Morgan fingerprint density at radius 2 is 2.00 bits per heavy atom. The van der Waals surface area contributed by atoms with Crippen molar-refractivity contribution in [1.82, 2.24) is 39.3 Å². The molecule has 0 bridgehead atoms. The quantitative estimate of drug-likeness (QED) is 0.292. The van der Waals surface area contributed by atoms with Crippen molar-refractivity contribution >= 4 is 49.3 Å². The Balaban J connectivity index is 1.42. The van der Waals surface area contributed by atoms with E-state index in [-0.39, 0.29) is 28.5 Å². The molecule has 3 aromatic heterocycles. The van der Waals surface area contributed by atoms with Crippen LogP contribution in [0.1, 0.15) is 55.7 Å². The molecule has 1 aliphatic heterocycles. The summed E-state index contributed by atoms with van der Waals surface area (Å²) in [6.07, 6.45) is -0.112. The smallest absolute Gasteiger partial charge is 0.319 e. The van der Waals surface area contributed by atoms with Gasteiger partial charge in [0.05, 0.1) is 28.3 Å². The van der Waals surface area contributed by atoms with E-state index in [9.17, 15) is 32.4 Å². The molecule has 1 aromatic carbocycles. The third kappa shape index (κ3) is 5.47. The Morgan fingerprint density at radius 1 is 1.27 bits per heavy atom. The monoisotopic (exact) mass is 645 g/mol. The molecule has 1 aliphatic carbocycles. The third-order valence-corrected chi connectivity index (χ3v) is 10.4. The zero-order valence-corrected chi connectivity index (χ0v) is 25.4. The number of nitrogens with one attached hydrogen (secondary N) is 1. The number of aromatic nitrogens is 5. The second-order valence-electron chi connectivity index (χ2n) is 11.3. The standard InChI is InChI=1S/C27H29F2N9O4S2/c1-15(39)12-36(2)26(40)37-9-5-16(6-10-37)21-20-18-4-3-17(44(41,42)35-27(13-30)7-8-27)11-19(18)38(23(20)32-14-31-21)25-34-33-24(43-25)22(28)29/h3-4,11,14-16,22,35,39H,5-10,12H2,1-2H3. The second kappa shape index (κ2) is 11.3. The van der Waals surface area contributed by atoms with Crippen molar-refractivity contribution in [2.45, 2.75) is 61.5 Å². The molecule has 0 spiro atoms. The maximum absolute atomic E-state index is 13.5. The molecule has 1 saturated heterocycles. The number of amides is 2. The van der Waals surface area contributed by atoms with Crippen molar-refractivity contribution in [3.05, 3.63) is 35.2 Å². The first-order valence-corrected chi connectivity index (χ1v) is 16.3. The number of carbonyl (C=O) groups excluding carboxylic acids is 1. The van der Waals surface area contributed by atoms with Gasteiger partial charge in [0.1, 0.15) is 11.9 Å². The average molecular weight is 646 g/mol. The maximum atomic E-state index is 13.5. The largest absolute Gasteiger partial charge is 0.392 e. The second-order valence-corrected chi connectivity index (χ2v) is 13.9. The van der Waals surface area contributed by atoms with E-state index in [1.54, 1.807) is 24.9 Å². The molecule has 17 heteroatoms. The summed E-state index contributed by atoms with van der Waals surface area (Å²) in [7, 11) is -2.45. The molecule has 2 N–H and O–H groups in total. The number of urea groups is 1. The molecular formula is C27H29F2N9O4S2. The molecule has 2 fully saturated rings. The van der Waals surface area contributed by atoms with Gasteiger partial charge in [-0.15, -0.1) is 10.2 Å². The molecular weight excluding hydrogens is 616 g/mol. The summed E-state index contributed by atoms with van der Waals surface area (Å²) in [6.45, 7) is 2.75. The molecule has 2 aliphatic rings. The summed E-state index contributed by atoms with van der Waals surface area (Å²) in [5.74, 6) is -0.0767. The van der Waals surface area contributed by atoms with Crippen molar-refractivity contribution in [2.24, 2.45) is 0 Å². The van der Waals surface area contributed by atoms with Gasteiger partial charge < -0.3 is 14.9 Å². The van der Waals surface area contributed by atoms with Gasteiger partial charge in [-0.05, 0) is 44.7 Å². The predicted molar refractivity (Wildman–Crippen MR) is 156 cm³/mol. The first-order valence-electron chi connectivity index (χ1n) is 14.0. The number of likely N-dealkylation sites (N-methyl/N-ethyl adjacent to an activating group) is 1. The lowest BCUT2D eigenvalue weighted by molar-refractivity contribution is 0.116. The molecule has 232 valence electrons. The number of rotatable bonds is 8. The van der Waals surface area contributed by atoms with Crippen molar-refractivity contribution in [2.75, 3.05) is 26.7 Å². The minimum atomic E-state index is -4.09. The highest BCUT2D eigenvalue weighted by molar-refractivity contribution is 7.89. The van der Waals surface area contributed by atoms with Crippen LogP contribution in [0.2, 0.25) is 0 Å². The Bertz CT molecular complexity index is 1890. The zero-order valence-electron chi connectivity index (χ0n) is 23.8. The number of alkyl halides is 2. The fraction of sp³-hybridized carbons (Fsp3) is 0.481. The van der Waals surface area contributed by atoms with Crippen LogP contribution in [0.25, 0.3) is 27.1 Å². The number of fused-ring (bicyclic) bond motifs is 3. The molecule has 13 nitrogen and oxygen atoms in total. The van der Waals surface area contributed by atoms with Crippen LogP contribution in [0.15, 0.2) is 29.4 Å². The van der Waals surface area contributed by atoms with E-state index in [1.165, 1.54) is 27.9 Å². The van der Waals surface area contributed by atoms with Crippen molar-refractivity contribution in [3.8, 4) is 11.2 Å². The van der Waals surface area contributed by atoms with Crippen LogP contribution in [0.3, 0.4) is 0 Å². The normalized spacial score (nSPS) is 17.7. The van der Waals surface area contributed by atoms with E-state index in [0.29, 0.717) is 77.7 Å². The minimum Gasteiger partial charge on any atom is -0.392 e. The Morgan fingerprint density at radius 3 is 2.61 bits per heavy atom. The van der Waals surface area contributed by atoms with E-state index in [2.05, 4.69) is 24.9 Å². The van der Waals surface area contributed by atoms with Crippen LogP contribution in [0, 0.1) is 11.3 Å². The molecule has 1 unspecified atom stereocenters. The number of nitriles is 1. The van der Waals surface area contributed by atoms with E-state index >= 15 is 0 Å². The Labute approximate surface area is 255 Å². The van der Waals surface area contributed by atoms with Crippen molar-refractivity contribution < 1.29 is 27.1 Å². The summed E-state index contributed by atoms with van der Waals surface area (Å²) in [5, 5.41) is 27.5. The fourth-order valence-electron chi connectivity index (χ4n) is 5.65. The van der Waals surface area contributed by atoms with Gasteiger partial charge in [-0.1, -0.05) is 17.4 Å². The van der Waals surface area contributed by atoms with E-state index < -0.39 is 33.1 Å². The zero-order chi connectivity index (χ0) is 31.4. The van der Waals surface area contributed by atoms with Crippen LogP contribution in [-0.4, -0.2) is 92.4 Å². The fourth-order valence-corrected chi connectivity index (χ4v) is 7.76. The molecule has 1 saturated carbocycles. The Hall–Kier alpha value is -3.85. The number of carbonyl (C=O) groups is 1. The first-order chi connectivity index (χ1) is 20.9. The molecule has 2 amide bonds. The number of sulfonamides is 1. The van der Waals surface area contributed by atoms with E-state index in [0.717, 1.165) is 0 Å². The van der Waals surface area contributed by atoms with Gasteiger partial charge in [0.15, 0.2) is 10.7 Å². The summed E-state index contributed by atoms with van der Waals surface area (Å²) < 4.78 is 57.5. The van der Waals surface area contributed by atoms with Crippen LogP contribution in [0.5, 0.6) is 0 Å². The number of piperidine rings is 1. The van der Waals surface area contributed by atoms with E-state index in [4.69, 9.17) is 0 Å². The van der Waals surface area contributed by atoms with Gasteiger partial charge in [-0.3, -0.25) is 4.57 Å². The van der Waals surface area contributed by atoms with E-state index in [1.807, 2.05) is 6.07 Å². The Kier molecular flexibility index (Phi) is 7.72. The number of nitrogens with zero attached hydrogens (tertiary/aromatic N) is 8. The lowest BCUT2D eigenvalue weighted by atomic mass is 9.91. The van der Waals surface area contributed by atoms with Gasteiger partial charge in [-0.2, -0.15) is 9.98 Å². The van der Waals surface area contributed by atoms with Crippen LogP contribution >= 0.6 is 11.3 Å². The highest BCUT2D eigenvalue weighted by Gasteiger charge is 2.47. The average Bonchev–Trinajstić information content (AvgIpc) is 3.43. The van der Waals surface area contributed by atoms with Crippen LogP contribution < -0.4 is 4.72 Å². The first kappa shape index (κ1) is 30.2. The van der Waals surface area contributed by atoms with Gasteiger partial charge in [0.2, 0.25) is 15.2 Å². The van der Waals surface area contributed by atoms with Gasteiger partial charge >= 0.3 is 6.03 Å². The number of benzene rings is 1. The number of likely N-dealkylation sites (tertiary alicyclic amines) is 1. The molecule has 4 aromatic rings. The van der Waals surface area contributed by atoms with Crippen molar-refractivity contribution in [3.63, 3.8) is 0 Å². The third-order valence-electron chi connectivity index (χ3n) is 7.98. The molecule has 4 heterocycles. The highest BCUT2D eigenvalue weighted by Crippen LogP contribution is 2.40. The number of aliphatic hydroxyl groups excluding tert-OH is 1. The minimum absolute atomic E-state index is 0.0767. The molecule has 0 radical (unpaired) electrons. The number of halogens is 2. The highest BCUT2D eigenvalue weighted by atomic mass is 32.2. The SMILES string of the molecule is CC(O)CN(C)C(=O)N1CCC(c2ncnc3c2c2ccc(S(=O)(=O)NC4(C#N)CC4)cc2n3-c2nnc(C(F)F)s2)CC1. The lowest BCUT2D eigenvalue weighted by Gasteiger charge is -2.34. The number of aliphatic hydroxyl groups is 1. The lowest BCUT2D eigenvalue weighted by Crippen LogP contribution is -2.46. The van der Waals surface area contributed by atoms with Crippen molar-refractivity contribution in [1.29, 1.82) is 5.26 Å². The number of hydrogen-bond acceptors (Lipinski definition) is 10. The van der Waals surface area contributed by atoms with Gasteiger partial charge in [0.25, 0.3) is 6.43 Å². The van der Waals surface area contributed by atoms with Crippen LogP contribution in [0.4, 0.5) is 13.6 Å².